The van der Waals surface area contributed by atoms with Crippen LogP contribution in [-0.2, 0) is 11.3 Å². The van der Waals surface area contributed by atoms with E-state index in [0.717, 1.165) is 5.56 Å². The summed E-state index contributed by atoms with van der Waals surface area (Å²) in [4.78, 5) is 15.2. The van der Waals surface area contributed by atoms with Crippen LogP contribution in [0.1, 0.15) is 34.8 Å². The Labute approximate surface area is 111 Å². The van der Waals surface area contributed by atoms with Gasteiger partial charge in [0.1, 0.15) is 5.76 Å². The number of aromatic nitrogens is 1. The van der Waals surface area contributed by atoms with Gasteiger partial charge in [0, 0.05) is 18.4 Å². The SMILES string of the molecule is COC(=O)c1ccc(CN[C@@H](C)c2ccncc2)o1. The topological polar surface area (TPSA) is 64.4 Å². The van der Waals surface area contributed by atoms with Gasteiger partial charge in [0.25, 0.3) is 0 Å². The van der Waals surface area contributed by atoms with Crippen molar-refractivity contribution in [3.63, 3.8) is 0 Å². The van der Waals surface area contributed by atoms with E-state index in [1.807, 2.05) is 12.1 Å². The predicted molar refractivity (Wildman–Crippen MR) is 69.5 cm³/mol. The van der Waals surface area contributed by atoms with Crippen molar-refractivity contribution in [2.75, 3.05) is 7.11 Å². The average molecular weight is 260 g/mol. The van der Waals surface area contributed by atoms with E-state index in [-0.39, 0.29) is 11.8 Å². The smallest absolute Gasteiger partial charge is 0.373 e. The predicted octanol–water partition coefficient (Wildman–Crippen LogP) is 2.31. The van der Waals surface area contributed by atoms with Crippen molar-refractivity contribution in [1.82, 2.24) is 10.3 Å². The number of furan rings is 1. The first-order valence-corrected chi connectivity index (χ1v) is 6.01. The Balaban J connectivity index is 1.92. The van der Waals surface area contributed by atoms with Gasteiger partial charge in [0.05, 0.1) is 13.7 Å². The molecule has 0 saturated heterocycles. The van der Waals surface area contributed by atoms with Crippen molar-refractivity contribution in [2.24, 2.45) is 0 Å². The minimum atomic E-state index is -0.464. The molecule has 0 aliphatic carbocycles. The average Bonchev–Trinajstić information content (AvgIpc) is 2.93. The fourth-order valence-electron chi connectivity index (χ4n) is 1.71. The maximum Gasteiger partial charge on any atom is 0.373 e. The highest BCUT2D eigenvalue weighted by atomic mass is 16.5. The molecule has 0 aliphatic rings. The van der Waals surface area contributed by atoms with Gasteiger partial charge in [-0.15, -0.1) is 0 Å². The number of rotatable bonds is 5. The summed E-state index contributed by atoms with van der Waals surface area (Å²) in [5.74, 6) is 0.450. The number of methoxy groups -OCH3 is 1. The number of pyridine rings is 1. The Morgan fingerprint density at radius 2 is 2.11 bits per heavy atom. The molecule has 0 aliphatic heterocycles. The van der Waals surface area contributed by atoms with Gasteiger partial charge in [-0.25, -0.2) is 4.79 Å². The zero-order valence-corrected chi connectivity index (χ0v) is 10.9. The van der Waals surface area contributed by atoms with E-state index in [0.29, 0.717) is 12.3 Å². The lowest BCUT2D eigenvalue weighted by atomic mass is 10.1. The number of nitrogens with zero attached hydrogens (tertiary/aromatic N) is 1. The highest BCUT2D eigenvalue weighted by Gasteiger charge is 2.11. The molecule has 0 amide bonds. The molecule has 5 heteroatoms. The summed E-state index contributed by atoms with van der Waals surface area (Å²) < 4.78 is 9.96. The third kappa shape index (κ3) is 3.42. The van der Waals surface area contributed by atoms with E-state index in [2.05, 4.69) is 22.0 Å². The number of carbonyl (C=O) groups excluding carboxylic acids is 1. The van der Waals surface area contributed by atoms with Crippen LogP contribution in [0.15, 0.2) is 41.1 Å². The first-order chi connectivity index (χ1) is 9.20. The second kappa shape index (κ2) is 6.15. The Morgan fingerprint density at radius 3 is 2.79 bits per heavy atom. The zero-order chi connectivity index (χ0) is 13.7. The second-order valence-corrected chi connectivity index (χ2v) is 4.14. The molecular formula is C14H16N2O3. The van der Waals surface area contributed by atoms with E-state index >= 15 is 0 Å². The summed E-state index contributed by atoms with van der Waals surface area (Å²) in [6.45, 7) is 2.60. The summed E-state index contributed by atoms with van der Waals surface area (Å²) in [6, 6.07) is 7.47. The van der Waals surface area contributed by atoms with E-state index < -0.39 is 5.97 Å². The largest absolute Gasteiger partial charge is 0.463 e. The lowest BCUT2D eigenvalue weighted by Gasteiger charge is -2.12. The van der Waals surface area contributed by atoms with Gasteiger partial charge in [-0.05, 0) is 36.8 Å². The van der Waals surface area contributed by atoms with Gasteiger partial charge in [0.2, 0.25) is 5.76 Å². The Kier molecular flexibility index (Phi) is 4.30. The van der Waals surface area contributed by atoms with Crippen molar-refractivity contribution in [3.05, 3.63) is 53.7 Å². The van der Waals surface area contributed by atoms with E-state index in [1.165, 1.54) is 7.11 Å². The summed E-state index contributed by atoms with van der Waals surface area (Å²) in [6.07, 6.45) is 3.52. The van der Waals surface area contributed by atoms with Crippen molar-refractivity contribution in [2.45, 2.75) is 19.5 Å². The maximum atomic E-state index is 11.2. The molecule has 19 heavy (non-hydrogen) atoms. The molecule has 2 heterocycles. The molecule has 0 saturated carbocycles. The fraction of sp³-hybridized carbons (Fsp3) is 0.286. The molecule has 2 aromatic rings. The minimum absolute atomic E-state index is 0.176. The third-order valence-electron chi connectivity index (χ3n) is 2.84. The van der Waals surface area contributed by atoms with Crippen LogP contribution in [0.2, 0.25) is 0 Å². The molecule has 2 rings (SSSR count). The Morgan fingerprint density at radius 1 is 1.37 bits per heavy atom. The van der Waals surface area contributed by atoms with Crippen molar-refractivity contribution in [1.29, 1.82) is 0 Å². The van der Waals surface area contributed by atoms with E-state index in [1.54, 1.807) is 24.5 Å². The first-order valence-electron chi connectivity index (χ1n) is 6.01. The molecule has 0 unspecified atom stereocenters. The van der Waals surface area contributed by atoms with Gasteiger partial charge in [-0.3, -0.25) is 4.98 Å². The molecule has 2 aromatic heterocycles. The van der Waals surface area contributed by atoms with Crippen LogP contribution in [0.4, 0.5) is 0 Å². The molecule has 1 N–H and O–H groups in total. The summed E-state index contributed by atoms with van der Waals surface area (Å²) >= 11 is 0. The first kappa shape index (κ1) is 13.3. The number of nitrogens with one attached hydrogen (secondary N) is 1. The van der Waals surface area contributed by atoms with Crippen molar-refractivity contribution in [3.8, 4) is 0 Å². The summed E-state index contributed by atoms with van der Waals surface area (Å²) in [7, 11) is 1.33. The van der Waals surface area contributed by atoms with Crippen LogP contribution in [0.5, 0.6) is 0 Å². The van der Waals surface area contributed by atoms with Gasteiger partial charge in [-0.2, -0.15) is 0 Å². The van der Waals surface area contributed by atoms with Gasteiger partial charge in [0.15, 0.2) is 0 Å². The molecule has 100 valence electrons. The van der Waals surface area contributed by atoms with E-state index in [9.17, 15) is 4.79 Å². The van der Waals surface area contributed by atoms with Gasteiger partial charge < -0.3 is 14.5 Å². The van der Waals surface area contributed by atoms with Crippen LogP contribution >= 0.6 is 0 Å². The van der Waals surface area contributed by atoms with Crippen LogP contribution in [-0.4, -0.2) is 18.1 Å². The quantitative estimate of drug-likeness (QED) is 0.836. The second-order valence-electron chi connectivity index (χ2n) is 4.14. The standard InChI is InChI=1S/C14H16N2O3/c1-10(11-5-7-15-8-6-11)16-9-12-3-4-13(19-12)14(17)18-2/h3-8,10,16H,9H2,1-2H3/t10-/m0/s1. The molecular weight excluding hydrogens is 244 g/mol. The molecule has 1 atom stereocenters. The lowest BCUT2D eigenvalue weighted by molar-refractivity contribution is 0.0563. The van der Waals surface area contributed by atoms with Crippen LogP contribution < -0.4 is 5.32 Å². The molecule has 0 aromatic carbocycles. The molecule has 0 radical (unpaired) electrons. The van der Waals surface area contributed by atoms with Crippen molar-refractivity contribution >= 4 is 5.97 Å². The third-order valence-corrected chi connectivity index (χ3v) is 2.84. The molecule has 0 fully saturated rings. The number of hydrogen-bond acceptors (Lipinski definition) is 5. The Hall–Kier alpha value is -2.14. The highest BCUT2D eigenvalue weighted by Crippen LogP contribution is 2.13. The summed E-state index contributed by atoms with van der Waals surface area (Å²) in [5, 5.41) is 3.31. The Bertz CT molecular complexity index is 537. The lowest BCUT2D eigenvalue weighted by Crippen LogP contribution is -2.17. The molecule has 0 spiro atoms. The number of esters is 1. The van der Waals surface area contributed by atoms with Gasteiger partial charge >= 0.3 is 5.97 Å². The van der Waals surface area contributed by atoms with Gasteiger partial charge in [-0.1, -0.05) is 0 Å². The minimum Gasteiger partial charge on any atom is -0.463 e. The number of carbonyl (C=O) groups is 1. The zero-order valence-electron chi connectivity index (χ0n) is 10.9. The highest BCUT2D eigenvalue weighted by molar-refractivity contribution is 5.86. The maximum absolute atomic E-state index is 11.2. The van der Waals surface area contributed by atoms with Crippen LogP contribution in [0, 0.1) is 0 Å². The van der Waals surface area contributed by atoms with Crippen LogP contribution in [0.3, 0.4) is 0 Å². The number of ether oxygens (including phenoxy) is 1. The fourth-order valence-corrected chi connectivity index (χ4v) is 1.71. The molecule has 0 bridgehead atoms. The molecule has 5 nitrogen and oxygen atoms in total. The number of hydrogen-bond donors (Lipinski definition) is 1. The monoisotopic (exact) mass is 260 g/mol. The summed E-state index contributed by atoms with van der Waals surface area (Å²) in [5.41, 5.74) is 1.15. The normalized spacial score (nSPS) is 12.1. The van der Waals surface area contributed by atoms with E-state index in [4.69, 9.17) is 4.42 Å². The van der Waals surface area contributed by atoms with Crippen molar-refractivity contribution < 1.29 is 13.9 Å². The van der Waals surface area contributed by atoms with Crippen LogP contribution in [0.25, 0.3) is 0 Å².